The van der Waals surface area contributed by atoms with Crippen LogP contribution in [0.5, 0.6) is 0 Å². The molecule has 1 saturated heterocycles. The van der Waals surface area contributed by atoms with Gasteiger partial charge in [0.15, 0.2) is 0 Å². The van der Waals surface area contributed by atoms with Crippen LogP contribution in [-0.2, 0) is 5.21 Å². The Hall–Kier alpha value is -0.120. The summed E-state index contributed by atoms with van der Waals surface area (Å²) in [5.74, 6) is 7.81. The Morgan fingerprint density at radius 3 is 1.67 bits per heavy atom. The summed E-state index contributed by atoms with van der Waals surface area (Å²) in [5.41, 5.74) is -0.885. The topological polar surface area (TPSA) is 43.7 Å². The smallest absolute Gasteiger partial charge is 0.0423 e. The molecule has 1 heterocycles. The van der Waals surface area contributed by atoms with Gasteiger partial charge in [-0.3, -0.25) is 0 Å². The van der Waals surface area contributed by atoms with E-state index in [2.05, 4.69) is 0 Å². The summed E-state index contributed by atoms with van der Waals surface area (Å²) in [6, 6.07) is 0. The molecule has 12 heavy (non-hydrogen) atoms. The molecular weight excluding hydrogens is 152 g/mol. The molecule has 1 aliphatic heterocycles. The highest BCUT2D eigenvalue weighted by Gasteiger charge is 2.58. The number of quaternary nitrogens is 1. The van der Waals surface area contributed by atoms with E-state index in [1.165, 1.54) is 0 Å². The molecule has 3 nitrogen and oxygen atoms in total. The lowest BCUT2D eigenvalue weighted by Gasteiger charge is -2.48. The third-order valence-electron chi connectivity index (χ3n) is 3.28. The van der Waals surface area contributed by atoms with Crippen molar-refractivity contribution in [2.45, 2.75) is 58.0 Å². The molecule has 70 valence electrons. The molecular formula is C9H19N2O+. The van der Waals surface area contributed by atoms with Crippen molar-refractivity contribution in [3.63, 3.8) is 0 Å². The van der Waals surface area contributed by atoms with Crippen molar-refractivity contribution in [2.24, 2.45) is 0 Å². The van der Waals surface area contributed by atoms with Gasteiger partial charge in [0.25, 0.3) is 0 Å². The third kappa shape index (κ3) is 1.16. The Morgan fingerprint density at radius 1 is 1.08 bits per heavy atom. The highest BCUT2D eigenvalue weighted by molar-refractivity contribution is 4.81. The predicted molar refractivity (Wildman–Crippen MR) is 46.1 cm³/mol. The van der Waals surface area contributed by atoms with Crippen LogP contribution in [0.3, 0.4) is 0 Å². The molecule has 1 fully saturated rings. The second-order valence-corrected chi connectivity index (χ2v) is 5.09. The summed E-state index contributed by atoms with van der Waals surface area (Å²) in [6.07, 6.45) is 2.80. The first-order valence-corrected chi connectivity index (χ1v) is 4.56. The summed E-state index contributed by atoms with van der Waals surface area (Å²) in [6.45, 7) is 7.59. The van der Waals surface area contributed by atoms with Crippen LogP contribution in [-0.4, -0.2) is 15.8 Å². The molecule has 0 unspecified atom stereocenters. The molecule has 0 atom stereocenters. The Balaban J connectivity index is 2.99. The first-order valence-electron chi connectivity index (χ1n) is 4.56. The van der Waals surface area contributed by atoms with E-state index in [0.29, 0.717) is 0 Å². The summed E-state index contributed by atoms with van der Waals surface area (Å²) >= 11 is 0. The van der Waals surface area contributed by atoms with Crippen molar-refractivity contribution in [1.82, 2.24) is 5.84 Å². The number of hydrogen-bond acceptors (Lipinski definition) is 0. The van der Waals surface area contributed by atoms with Crippen molar-refractivity contribution in [3.05, 3.63) is 0 Å². The monoisotopic (exact) mass is 171 g/mol. The van der Waals surface area contributed by atoms with Gasteiger partial charge in [0.05, 0.1) is 0 Å². The quantitative estimate of drug-likeness (QED) is 0.501. The van der Waals surface area contributed by atoms with Crippen LogP contribution in [0, 0.1) is 0 Å². The largest absolute Gasteiger partial charge is 0.148 e. The molecule has 0 bridgehead atoms. The lowest BCUT2D eigenvalue weighted by atomic mass is 9.81. The number of nitrogens with zero attached hydrogens (tertiary/aromatic N) is 1. The van der Waals surface area contributed by atoms with Gasteiger partial charge in [-0.15, -0.1) is 0 Å². The SMILES string of the molecule is CC1(C)CCCC(C)(C)[N+]1([NH])[O]. The number of piperidine rings is 1. The van der Waals surface area contributed by atoms with Gasteiger partial charge in [-0.05, 0) is 44.7 Å². The Bertz CT molecular complexity index is 167. The van der Waals surface area contributed by atoms with Gasteiger partial charge in [0.2, 0.25) is 0 Å². The number of hydroxylamine groups is 2. The molecule has 0 aromatic carbocycles. The molecule has 2 radical (unpaired) electrons. The van der Waals surface area contributed by atoms with Crippen molar-refractivity contribution >= 4 is 0 Å². The van der Waals surface area contributed by atoms with Crippen LogP contribution < -0.4 is 5.84 Å². The van der Waals surface area contributed by atoms with Gasteiger partial charge >= 0.3 is 0 Å². The van der Waals surface area contributed by atoms with Crippen LogP contribution in [0.2, 0.25) is 0 Å². The van der Waals surface area contributed by atoms with Crippen LogP contribution in [0.25, 0.3) is 0 Å². The fourth-order valence-electron chi connectivity index (χ4n) is 2.09. The van der Waals surface area contributed by atoms with Gasteiger partial charge in [0.1, 0.15) is 11.1 Å². The van der Waals surface area contributed by atoms with Crippen molar-refractivity contribution in [1.29, 1.82) is 0 Å². The van der Waals surface area contributed by atoms with Crippen LogP contribution in [0.4, 0.5) is 0 Å². The van der Waals surface area contributed by atoms with Crippen molar-refractivity contribution in [3.8, 4) is 0 Å². The molecule has 0 saturated carbocycles. The fourth-order valence-corrected chi connectivity index (χ4v) is 2.09. The maximum absolute atomic E-state index is 12.0. The van der Waals surface area contributed by atoms with E-state index in [1.807, 2.05) is 27.7 Å². The minimum atomic E-state index is -0.847. The molecule has 0 aromatic rings. The lowest BCUT2D eigenvalue weighted by Crippen LogP contribution is -2.69. The highest BCUT2D eigenvalue weighted by Crippen LogP contribution is 2.41. The maximum Gasteiger partial charge on any atom is 0.148 e. The zero-order valence-corrected chi connectivity index (χ0v) is 8.48. The summed E-state index contributed by atoms with van der Waals surface area (Å²) < 4.78 is -0.847. The fraction of sp³-hybridized carbons (Fsp3) is 1.00. The minimum absolute atomic E-state index is 0.443. The van der Waals surface area contributed by atoms with E-state index in [4.69, 9.17) is 5.84 Å². The standard InChI is InChI=1S/C9H19N2O/c1-8(2)6-5-7-9(3,4)11(8,10)12/h10H,5-7H2,1-4H3/q+1. The van der Waals surface area contributed by atoms with Crippen LogP contribution in [0.15, 0.2) is 0 Å². The first kappa shape index (κ1) is 9.96. The second-order valence-electron chi connectivity index (χ2n) is 5.09. The van der Waals surface area contributed by atoms with E-state index in [1.54, 1.807) is 0 Å². The third-order valence-corrected chi connectivity index (χ3v) is 3.28. The molecule has 0 spiro atoms. The Kier molecular flexibility index (Phi) is 2.02. The summed E-state index contributed by atoms with van der Waals surface area (Å²) in [7, 11) is 0. The Labute approximate surface area is 74.7 Å². The molecule has 1 rings (SSSR count). The number of nitrogens with one attached hydrogen (secondary N) is 1. The summed E-state index contributed by atoms with van der Waals surface area (Å²) in [4.78, 5) is 0. The second kappa shape index (κ2) is 2.44. The average Bonchev–Trinajstić information content (AvgIpc) is 1.83. The molecule has 0 aromatic heterocycles. The maximum atomic E-state index is 12.0. The zero-order valence-electron chi connectivity index (χ0n) is 8.48. The van der Waals surface area contributed by atoms with Crippen molar-refractivity contribution in [2.75, 3.05) is 0 Å². The van der Waals surface area contributed by atoms with Gasteiger partial charge in [0, 0.05) is 18.0 Å². The number of rotatable bonds is 0. The van der Waals surface area contributed by atoms with Gasteiger partial charge in [-0.1, -0.05) is 0 Å². The van der Waals surface area contributed by atoms with E-state index < -0.39 is 15.8 Å². The molecule has 1 N–H and O–H groups in total. The van der Waals surface area contributed by atoms with Crippen LogP contribution in [0.1, 0.15) is 47.0 Å². The Morgan fingerprint density at radius 2 is 1.42 bits per heavy atom. The highest BCUT2D eigenvalue weighted by atomic mass is 16.6. The minimum Gasteiger partial charge on any atom is -0.0423 e. The summed E-state index contributed by atoms with van der Waals surface area (Å²) in [5, 5.41) is 12.0. The number of hydrogen-bond donors (Lipinski definition) is 0. The normalized spacial score (nSPS) is 31.5. The first-order chi connectivity index (χ1) is 5.21. The van der Waals surface area contributed by atoms with E-state index >= 15 is 0 Å². The zero-order chi connectivity index (χ0) is 9.62. The van der Waals surface area contributed by atoms with E-state index in [9.17, 15) is 5.21 Å². The average molecular weight is 171 g/mol. The molecule has 1 aliphatic rings. The molecule has 0 aliphatic carbocycles. The van der Waals surface area contributed by atoms with Gasteiger partial charge in [-0.25, -0.2) is 0 Å². The lowest BCUT2D eigenvalue weighted by molar-refractivity contribution is -1.21. The predicted octanol–water partition coefficient (Wildman–Crippen LogP) is 2.09. The van der Waals surface area contributed by atoms with E-state index in [0.717, 1.165) is 19.3 Å². The molecule has 3 heteroatoms. The van der Waals surface area contributed by atoms with Crippen LogP contribution >= 0.6 is 0 Å². The molecule has 0 amide bonds. The van der Waals surface area contributed by atoms with Crippen molar-refractivity contribution < 1.29 is 9.96 Å². The van der Waals surface area contributed by atoms with E-state index in [-0.39, 0.29) is 0 Å². The van der Waals surface area contributed by atoms with Gasteiger partial charge < -0.3 is 0 Å². The van der Waals surface area contributed by atoms with Gasteiger partial charge in [-0.2, -0.15) is 0 Å².